The lowest BCUT2D eigenvalue weighted by Gasteiger charge is -2.16. The molecule has 144 valence electrons. The van der Waals surface area contributed by atoms with Crippen LogP contribution < -0.4 is 10.6 Å². The molecule has 1 aromatic rings. The fourth-order valence-electron chi connectivity index (χ4n) is 2.22. The van der Waals surface area contributed by atoms with E-state index in [1.807, 2.05) is 13.8 Å². The first-order valence-electron chi connectivity index (χ1n) is 8.46. The highest BCUT2D eigenvalue weighted by Gasteiger charge is 2.23. The fourth-order valence-corrected chi connectivity index (χ4v) is 2.22. The van der Waals surface area contributed by atoms with Gasteiger partial charge in [0.25, 0.3) is 5.91 Å². The molecule has 1 rings (SSSR count). The van der Waals surface area contributed by atoms with Crippen molar-refractivity contribution < 1.29 is 24.2 Å². The van der Waals surface area contributed by atoms with E-state index in [0.29, 0.717) is 5.69 Å². The Bertz CT molecular complexity index is 765. The second-order valence-electron chi connectivity index (χ2n) is 6.07. The van der Waals surface area contributed by atoms with Crippen LogP contribution in [0.15, 0.2) is 36.0 Å². The molecule has 8 heteroatoms. The number of benzene rings is 1. The van der Waals surface area contributed by atoms with E-state index in [1.54, 1.807) is 37.3 Å². The van der Waals surface area contributed by atoms with Gasteiger partial charge in [0.15, 0.2) is 0 Å². The van der Waals surface area contributed by atoms with Crippen molar-refractivity contribution in [2.75, 3.05) is 11.9 Å². The highest BCUT2D eigenvalue weighted by Crippen LogP contribution is 2.17. The number of esters is 1. The number of carbonyl (C=O) groups excluding carboxylic acids is 2. The summed E-state index contributed by atoms with van der Waals surface area (Å²) in [6.07, 6.45) is 1.36. The maximum Gasteiger partial charge on any atom is 0.340 e. The number of carboxylic acids is 1. The third kappa shape index (κ3) is 6.82. The number of nitrogens with zero attached hydrogens (tertiary/aromatic N) is 1. The van der Waals surface area contributed by atoms with Crippen molar-refractivity contribution in [1.82, 2.24) is 5.32 Å². The van der Waals surface area contributed by atoms with Gasteiger partial charge in [0, 0.05) is 6.20 Å². The molecule has 0 aliphatic carbocycles. The summed E-state index contributed by atoms with van der Waals surface area (Å²) >= 11 is 0. The molecule has 1 amide bonds. The van der Waals surface area contributed by atoms with Gasteiger partial charge in [-0.15, -0.1) is 0 Å². The van der Waals surface area contributed by atoms with Crippen LogP contribution in [-0.2, 0) is 14.3 Å². The Kier molecular flexibility index (Phi) is 8.53. The van der Waals surface area contributed by atoms with Crippen molar-refractivity contribution in [1.29, 1.82) is 5.26 Å². The summed E-state index contributed by atoms with van der Waals surface area (Å²) in [6.45, 7) is 5.55. The summed E-state index contributed by atoms with van der Waals surface area (Å²) in [7, 11) is 0. The average Bonchev–Trinajstić information content (AvgIpc) is 2.61. The molecule has 0 radical (unpaired) electrons. The van der Waals surface area contributed by atoms with Crippen molar-refractivity contribution >= 4 is 23.5 Å². The van der Waals surface area contributed by atoms with E-state index < -0.39 is 23.9 Å². The van der Waals surface area contributed by atoms with E-state index in [4.69, 9.17) is 4.74 Å². The molecule has 0 aliphatic heterocycles. The van der Waals surface area contributed by atoms with Crippen LogP contribution in [0.25, 0.3) is 0 Å². The molecule has 0 aliphatic rings. The Labute approximate surface area is 157 Å². The predicted octanol–water partition coefficient (Wildman–Crippen LogP) is 2.30. The SMILES string of the molecule is CCOC(=O)c1ccccc1N/C=C(/C#N)C(=O)NC(CC(C)C)C(=O)O. The number of rotatable bonds is 9. The smallest absolute Gasteiger partial charge is 0.340 e. The van der Waals surface area contributed by atoms with Crippen molar-refractivity contribution in [3.05, 3.63) is 41.6 Å². The molecule has 1 atom stereocenters. The van der Waals surface area contributed by atoms with Crippen molar-refractivity contribution in [3.63, 3.8) is 0 Å². The molecule has 27 heavy (non-hydrogen) atoms. The monoisotopic (exact) mass is 373 g/mol. The highest BCUT2D eigenvalue weighted by molar-refractivity contribution is 6.00. The minimum Gasteiger partial charge on any atom is -0.480 e. The summed E-state index contributed by atoms with van der Waals surface area (Å²) < 4.78 is 4.96. The van der Waals surface area contributed by atoms with Crippen LogP contribution in [0, 0.1) is 17.2 Å². The van der Waals surface area contributed by atoms with Gasteiger partial charge in [-0.3, -0.25) is 4.79 Å². The number of nitrogens with one attached hydrogen (secondary N) is 2. The lowest BCUT2D eigenvalue weighted by molar-refractivity contribution is -0.141. The largest absolute Gasteiger partial charge is 0.480 e. The topological polar surface area (TPSA) is 129 Å². The third-order valence-corrected chi connectivity index (χ3v) is 3.47. The van der Waals surface area contributed by atoms with Gasteiger partial charge in [-0.25, -0.2) is 9.59 Å². The van der Waals surface area contributed by atoms with Crippen LogP contribution in [0.3, 0.4) is 0 Å². The first-order valence-corrected chi connectivity index (χ1v) is 8.46. The van der Waals surface area contributed by atoms with Crippen molar-refractivity contribution in [2.24, 2.45) is 5.92 Å². The zero-order chi connectivity index (χ0) is 20.4. The molecule has 0 fully saturated rings. The maximum absolute atomic E-state index is 12.2. The van der Waals surface area contributed by atoms with Crippen molar-refractivity contribution in [2.45, 2.75) is 33.2 Å². The average molecular weight is 373 g/mol. The number of nitriles is 1. The minimum absolute atomic E-state index is 0.0514. The molecule has 0 saturated heterocycles. The third-order valence-electron chi connectivity index (χ3n) is 3.47. The number of anilines is 1. The van der Waals surface area contributed by atoms with Gasteiger partial charge in [-0.2, -0.15) is 5.26 Å². The predicted molar refractivity (Wildman–Crippen MR) is 98.7 cm³/mol. The molecular weight excluding hydrogens is 350 g/mol. The van der Waals surface area contributed by atoms with Gasteiger partial charge in [0.2, 0.25) is 0 Å². The summed E-state index contributed by atoms with van der Waals surface area (Å²) in [4.78, 5) is 35.4. The number of para-hydroxylation sites is 1. The molecular formula is C19H23N3O5. The lowest BCUT2D eigenvalue weighted by atomic mass is 10.0. The molecule has 8 nitrogen and oxygen atoms in total. The van der Waals surface area contributed by atoms with Crippen LogP contribution in [-0.4, -0.2) is 35.6 Å². The van der Waals surface area contributed by atoms with Gasteiger partial charge in [0.05, 0.1) is 17.9 Å². The summed E-state index contributed by atoms with van der Waals surface area (Å²) in [6, 6.07) is 7.09. The molecule has 0 saturated carbocycles. The van der Waals surface area contributed by atoms with Crippen LogP contribution in [0.5, 0.6) is 0 Å². The number of hydrogen-bond donors (Lipinski definition) is 3. The lowest BCUT2D eigenvalue weighted by Crippen LogP contribution is -2.42. The van der Waals surface area contributed by atoms with E-state index in [9.17, 15) is 24.8 Å². The second-order valence-corrected chi connectivity index (χ2v) is 6.07. The first-order chi connectivity index (χ1) is 12.8. The zero-order valence-electron chi connectivity index (χ0n) is 15.5. The Hall–Kier alpha value is -3.34. The summed E-state index contributed by atoms with van der Waals surface area (Å²) in [5, 5.41) is 23.5. The number of ether oxygens (including phenoxy) is 1. The number of carbonyl (C=O) groups is 3. The Morgan fingerprint density at radius 1 is 1.30 bits per heavy atom. The van der Waals surface area contributed by atoms with E-state index >= 15 is 0 Å². The Morgan fingerprint density at radius 3 is 2.52 bits per heavy atom. The quantitative estimate of drug-likeness (QED) is 0.344. The van der Waals surface area contributed by atoms with E-state index in [1.165, 1.54) is 0 Å². The number of amides is 1. The van der Waals surface area contributed by atoms with Gasteiger partial charge in [-0.1, -0.05) is 26.0 Å². The van der Waals surface area contributed by atoms with Gasteiger partial charge in [0.1, 0.15) is 17.7 Å². The summed E-state index contributed by atoms with van der Waals surface area (Å²) in [5.41, 5.74) is 0.286. The van der Waals surface area contributed by atoms with Gasteiger partial charge in [-0.05, 0) is 31.4 Å². The van der Waals surface area contributed by atoms with E-state index in [2.05, 4.69) is 10.6 Å². The number of carboxylic acid groups (broad SMARTS) is 1. The number of hydrogen-bond acceptors (Lipinski definition) is 6. The molecule has 0 aromatic heterocycles. The zero-order valence-corrected chi connectivity index (χ0v) is 15.5. The normalized spacial score (nSPS) is 12.0. The minimum atomic E-state index is -1.17. The molecule has 0 bridgehead atoms. The van der Waals surface area contributed by atoms with Crippen LogP contribution in [0.1, 0.15) is 37.6 Å². The van der Waals surface area contributed by atoms with Gasteiger partial charge >= 0.3 is 11.9 Å². The van der Waals surface area contributed by atoms with E-state index in [0.717, 1.165) is 6.20 Å². The molecule has 0 heterocycles. The van der Waals surface area contributed by atoms with Crippen LogP contribution >= 0.6 is 0 Å². The second kappa shape index (κ2) is 10.6. The Morgan fingerprint density at radius 2 is 1.96 bits per heavy atom. The molecule has 1 unspecified atom stereocenters. The highest BCUT2D eigenvalue weighted by atomic mass is 16.5. The van der Waals surface area contributed by atoms with Gasteiger partial charge < -0.3 is 20.5 Å². The molecule has 1 aromatic carbocycles. The maximum atomic E-state index is 12.2. The molecule has 0 spiro atoms. The first kappa shape index (κ1) is 21.7. The van der Waals surface area contributed by atoms with E-state index in [-0.39, 0.29) is 30.1 Å². The Balaban J connectivity index is 2.95. The fraction of sp³-hybridized carbons (Fsp3) is 0.368. The standard InChI is InChI=1S/C19H23N3O5/c1-4-27-19(26)14-7-5-6-8-15(14)21-11-13(10-20)17(23)22-16(18(24)25)9-12(2)3/h5-8,11-12,16,21H,4,9H2,1-3H3,(H,22,23)(H,24,25)/b13-11-. The van der Waals surface area contributed by atoms with Crippen LogP contribution in [0.4, 0.5) is 5.69 Å². The van der Waals surface area contributed by atoms with Crippen LogP contribution in [0.2, 0.25) is 0 Å². The number of aliphatic carboxylic acids is 1. The molecule has 3 N–H and O–H groups in total. The summed E-state index contributed by atoms with van der Waals surface area (Å²) in [5.74, 6) is -2.48. The van der Waals surface area contributed by atoms with Crippen molar-refractivity contribution in [3.8, 4) is 6.07 Å².